The van der Waals surface area contributed by atoms with Crippen LogP contribution in [0.2, 0.25) is 0 Å². The smallest absolute Gasteiger partial charge is 0.00674 e. The van der Waals surface area contributed by atoms with Crippen molar-refractivity contribution in [1.82, 2.24) is 0 Å². The molecular weight excluding hydrogens is 202 g/mol. The Kier molecular flexibility index (Phi) is 4.83. The molecule has 2 N–H and O–H groups in total. The molecule has 88 valence electrons. The summed E-state index contributed by atoms with van der Waals surface area (Å²) in [6, 6.07) is 0.525. The monoisotopic (exact) mass is 227 g/mol. The molecule has 2 saturated carbocycles. The number of rotatable bonds is 5. The lowest BCUT2D eigenvalue weighted by Crippen LogP contribution is -2.24. The van der Waals surface area contributed by atoms with Crippen molar-refractivity contribution in [3.05, 3.63) is 0 Å². The van der Waals surface area contributed by atoms with Crippen molar-refractivity contribution in [2.75, 3.05) is 11.5 Å². The van der Waals surface area contributed by atoms with E-state index in [9.17, 15) is 0 Å². The number of hydrogen-bond acceptors (Lipinski definition) is 2. The van der Waals surface area contributed by atoms with Gasteiger partial charge < -0.3 is 5.73 Å². The first-order valence-electron chi connectivity index (χ1n) is 6.69. The highest BCUT2D eigenvalue weighted by molar-refractivity contribution is 7.99. The zero-order valence-corrected chi connectivity index (χ0v) is 10.6. The predicted molar refractivity (Wildman–Crippen MR) is 69.2 cm³/mol. The van der Waals surface area contributed by atoms with Gasteiger partial charge >= 0.3 is 0 Å². The van der Waals surface area contributed by atoms with E-state index < -0.39 is 0 Å². The van der Waals surface area contributed by atoms with Crippen molar-refractivity contribution in [3.8, 4) is 0 Å². The molecule has 2 rings (SSSR count). The van der Waals surface area contributed by atoms with E-state index >= 15 is 0 Å². The van der Waals surface area contributed by atoms with Gasteiger partial charge in [-0.15, -0.1) is 0 Å². The summed E-state index contributed by atoms with van der Waals surface area (Å²) in [6.45, 7) is 0. The van der Waals surface area contributed by atoms with Crippen LogP contribution in [0.5, 0.6) is 0 Å². The highest BCUT2D eigenvalue weighted by Gasteiger charge is 2.23. The summed E-state index contributed by atoms with van der Waals surface area (Å²) < 4.78 is 0. The number of nitrogens with two attached hydrogens (primary N) is 1. The van der Waals surface area contributed by atoms with Crippen molar-refractivity contribution >= 4 is 11.8 Å². The lowest BCUT2D eigenvalue weighted by atomic mass is 10.0. The Morgan fingerprint density at radius 1 is 1.00 bits per heavy atom. The Labute approximate surface area is 98.6 Å². The van der Waals surface area contributed by atoms with E-state index in [-0.39, 0.29) is 0 Å². The molecule has 15 heavy (non-hydrogen) atoms. The third-order valence-corrected chi connectivity index (χ3v) is 5.41. The molecule has 0 aromatic carbocycles. The van der Waals surface area contributed by atoms with Crippen LogP contribution in [0.1, 0.15) is 51.4 Å². The van der Waals surface area contributed by atoms with Crippen molar-refractivity contribution in [1.29, 1.82) is 0 Å². The topological polar surface area (TPSA) is 26.0 Å². The van der Waals surface area contributed by atoms with Crippen molar-refractivity contribution in [3.63, 3.8) is 0 Å². The van der Waals surface area contributed by atoms with Crippen molar-refractivity contribution < 1.29 is 0 Å². The van der Waals surface area contributed by atoms with E-state index in [4.69, 9.17) is 5.73 Å². The van der Waals surface area contributed by atoms with Gasteiger partial charge in [0.05, 0.1) is 0 Å². The fraction of sp³-hybridized carbons (Fsp3) is 1.00. The van der Waals surface area contributed by atoms with E-state index in [1.54, 1.807) is 0 Å². The summed E-state index contributed by atoms with van der Waals surface area (Å²) in [5.41, 5.74) is 6.07. The molecule has 0 aromatic rings. The Balaban J connectivity index is 1.51. The minimum Gasteiger partial charge on any atom is -0.327 e. The summed E-state index contributed by atoms with van der Waals surface area (Å²) in [5.74, 6) is 4.67. The maximum Gasteiger partial charge on any atom is 0.00674 e. The lowest BCUT2D eigenvalue weighted by molar-refractivity contribution is 0.470. The molecule has 2 unspecified atom stereocenters. The summed E-state index contributed by atoms with van der Waals surface area (Å²) in [7, 11) is 0. The molecular formula is C13H25NS. The molecule has 0 heterocycles. The van der Waals surface area contributed by atoms with E-state index in [1.807, 2.05) is 0 Å². The molecule has 0 spiro atoms. The molecule has 0 saturated heterocycles. The van der Waals surface area contributed by atoms with Gasteiger partial charge in [-0.25, -0.2) is 0 Å². The second-order valence-corrected chi connectivity index (χ2v) is 6.52. The van der Waals surface area contributed by atoms with E-state index in [2.05, 4.69) is 11.8 Å². The fourth-order valence-corrected chi connectivity index (χ4v) is 4.39. The highest BCUT2D eigenvalue weighted by atomic mass is 32.2. The summed E-state index contributed by atoms with van der Waals surface area (Å²) in [5, 5.41) is 0. The predicted octanol–water partition coefficient (Wildman–Crippen LogP) is 3.43. The first kappa shape index (κ1) is 11.8. The molecule has 2 aliphatic rings. The molecule has 2 fully saturated rings. The molecule has 0 bridgehead atoms. The number of hydrogen-bond donors (Lipinski definition) is 1. The number of thioether (sulfide) groups is 1. The van der Waals surface area contributed by atoms with E-state index in [0.717, 1.165) is 11.8 Å². The molecule has 0 aromatic heterocycles. The highest BCUT2D eigenvalue weighted by Crippen LogP contribution is 2.31. The molecule has 2 aliphatic carbocycles. The van der Waals surface area contributed by atoms with Crippen LogP contribution in [-0.4, -0.2) is 17.5 Å². The average molecular weight is 227 g/mol. The minimum absolute atomic E-state index is 0.525. The van der Waals surface area contributed by atoms with Crippen LogP contribution < -0.4 is 5.73 Å². The Hall–Kier alpha value is 0.310. The SMILES string of the molecule is NC1CCCC1CCSCC1CCCC1. The molecule has 0 aliphatic heterocycles. The Morgan fingerprint density at radius 3 is 2.47 bits per heavy atom. The van der Waals surface area contributed by atoms with E-state index in [0.29, 0.717) is 6.04 Å². The van der Waals surface area contributed by atoms with Crippen LogP contribution in [0.3, 0.4) is 0 Å². The molecule has 0 amide bonds. The first-order chi connectivity index (χ1) is 7.36. The maximum absolute atomic E-state index is 6.07. The van der Waals surface area contributed by atoms with Gasteiger partial charge in [0.1, 0.15) is 0 Å². The minimum atomic E-state index is 0.525. The fourth-order valence-electron chi connectivity index (χ4n) is 3.09. The van der Waals surface area contributed by atoms with Gasteiger partial charge in [-0.2, -0.15) is 11.8 Å². The average Bonchev–Trinajstić information content (AvgIpc) is 2.85. The van der Waals surface area contributed by atoms with Crippen LogP contribution in [0.4, 0.5) is 0 Å². The second-order valence-electron chi connectivity index (χ2n) is 5.37. The van der Waals surface area contributed by atoms with Gasteiger partial charge in [-0.05, 0) is 55.4 Å². The maximum atomic E-state index is 6.07. The summed E-state index contributed by atoms with van der Waals surface area (Å²) in [6.07, 6.45) is 11.4. The van der Waals surface area contributed by atoms with Gasteiger partial charge in [0.25, 0.3) is 0 Å². The van der Waals surface area contributed by atoms with Gasteiger partial charge in [0.2, 0.25) is 0 Å². The van der Waals surface area contributed by atoms with E-state index in [1.165, 1.54) is 62.9 Å². The first-order valence-corrected chi connectivity index (χ1v) is 7.85. The molecule has 2 atom stereocenters. The molecule has 1 nitrogen and oxygen atoms in total. The largest absolute Gasteiger partial charge is 0.327 e. The Bertz CT molecular complexity index is 177. The van der Waals surface area contributed by atoms with Gasteiger partial charge in [-0.3, -0.25) is 0 Å². The lowest BCUT2D eigenvalue weighted by Gasteiger charge is -2.15. The molecule has 0 radical (unpaired) electrons. The van der Waals surface area contributed by atoms with Crippen molar-refractivity contribution in [2.45, 2.75) is 57.4 Å². The third kappa shape index (κ3) is 3.67. The summed E-state index contributed by atoms with van der Waals surface area (Å²) in [4.78, 5) is 0. The van der Waals surface area contributed by atoms with Gasteiger partial charge in [0.15, 0.2) is 0 Å². The zero-order chi connectivity index (χ0) is 10.5. The second kappa shape index (κ2) is 6.15. The molecule has 2 heteroatoms. The van der Waals surface area contributed by atoms with Crippen LogP contribution in [0.15, 0.2) is 0 Å². The standard InChI is InChI=1S/C13H25NS/c14-13-7-3-6-12(13)8-9-15-10-11-4-1-2-5-11/h11-13H,1-10,14H2. The van der Waals surface area contributed by atoms with Crippen LogP contribution >= 0.6 is 11.8 Å². The quantitative estimate of drug-likeness (QED) is 0.728. The van der Waals surface area contributed by atoms with Gasteiger partial charge in [0, 0.05) is 6.04 Å². The van der Waals surface area contributed by atoms with Crippen LogP contribution in [0.25, 0.3) is 0 Å². The van der Waals surface area contributed by atoms with Crippen LogP contribution in [-0.2, 0) is 0 Å². The van der Waals surface area contributed by atoms with Crippen LogP contribution in [0, 0.1) is 11.8 Å². The third-order valence-electron chi connectivity index (χ3n) is 4.18. The summed E-state index contributed by atoms with van der Waals surface area (Å²) >= 11 is 2.18. The Morgan fingerprint density at radius 2 is 1.80 bits per heavy atom. The van der Waals surface area contributed by atoms with Crippen molar-refractivity contribution in [2.24, 2.45) is 17.6 Å². The normalized spacial score (nSPS) is 32.6. The van der Waals surface area contributed by atoms with Gasteiger partial charge in [-0.1, -0.05) is 19.3 Å². The zero-order valence-electron chi connectivity index (χ0n) is 9.79.